The average molecular weight is 326 g/mol. The van der Waals surface area contributed by atoms with Gasteiger partial charge in [-0.1, -0.05) is 48.5 Å². The highest BCUT2D eigenvalue weighted by Gasteiger charge is 2.14. The number of rotatable bonds is 3. The van der Waals surface area contributed by atoms with Crippen LogP contribution < -0.4 is 10.3 Å². The topological polar surface area (TPSA) is 56.1 Å². The molecule has 4 aromatic rings. The van der Waals surface area contributed by atoms with Crippen LogP contribution in [0, 0.1) is 0 Å². The molecule has 0 bridgehead atoms. The van der Waals surface area contributed by atoms with Crippen LogP contribution >= 0.6 is 0 Å². The minimum Gasteiger partial charge on any atom is -0.317 e. The Balaban J connectivity index is 1.83. The summed E-state index contributed by atoms with van der Waals surface area (Å²) in [6, 6.07) is 23.1. The molecule has 25 heavy (non-hydrogen) atoms. The maximum absolute atomic E-state index is 12.9. The Bertz CT molecular complexity index is 1030. The molecule has 1 amide bonds. The van der Waals surface area contributed by atoms with E-state index in [0.29, 0.717) is 5.56 Å². The molecule has 0 fully saturated rings. The molecule has 4 rings (SSSR count). The minimum atomic E-state index is -0.157. The van der Waals surface area contributed by atoms with E-state index in [-0.39, 0.29) is 5.91 Å². The first-order valence-electron chi connectivity index (χ1n) is 8.04. The van der Waals surface area contributed by atoms with Crippen molar-refractivity contribution in [2.24, 2.45) is 0 Å². The molecule has 2 heterocycles. The number of nitrogens with one attached hydrogen (secondary N) is 2. The lowest BCUT2D eigenvalue weighted by Gasteiger charge is -2.10. The molecule has 0 aliphatic heterocycles. The van der Waals surface area contributed by atoms with Gasteiger partial charge in [-0.05, 0) is 18.2 Å². The Morgan fingerprint density at radius 1 is 0.920 bits per heavy atom. The van der Waals surface area contributed by atoms with E-state index in [1.54, 1.807) is 12.4 Å². The number of carbonyl (C=O) groups excluding carboxylic acids is 1. The summed E-state index contributed by atoms with van der Waals surface area (Å²) in [7, 11) is 0. The SMILES string of the molecule is O=C(Nc1ccc[nH+]c1)c1cc(-c2ccccc2)nc2ccccc12. The number of aromatic amines is 1. The monoisotopic (exact) mass is 326 g/mol. The van der Waals surface area contributed by atoms with Crippen molar-refractivity contribution in [2.45, 2.75) is 0 Å². The second-order valence-corrected chi connectivity index (χ2v) is 5.68. The summed E-state index contributed by atoms with van der Waals surface area (Å²) in [5.74, 6) is -0.157. The molecule has 4 heteroatoms. The fourth-order valence-electron chi connectivity index (χ4n) is 2.79. The van der Waals surface area contributed by atoms with Crippen LogP contribution in [-0.4, -0.2) is 10.9 Å². The molecule has 0 unspecified atom stereocenters. The van der Waals surface area contributed by atoms with Crippen LogP contribution in [-0.2, 0) is 0 Å². The van der Waals surface area contributed by atoms with Gasteiger partial charge in [0.2, 0.25) is 0 Å². The van der Waals surface area contributed by atoms with Gasteiger partial charge in [0.15, 0.2) is 12.4 Å². The lowest BCUT2D eigenvalue weighted by molar-refractivity contribution is -0.377. The molecule has 0 saturated carbocycles. The van der Waals surface area contributed by atoms with Gasteiger partial charge in [0.05, 0.1) is 16.8 Å². The third-order valence-electron chi connectivity index (χ3n) is 4.00. The Kier molecular flexibility index (Phi) is 3.92. The fraction of sp³-hybridized carbons (Fsp3) is 0. The number of carbonyl (C=O) groups is 1. The van der Waals surface area contributed by atoms with Crippen molar-refractivity contribution >= 4 is 22.5 Å². The van der Waals surface area contributed by atoms with Crippen molar-refractivity contribution in [1.29, 1.82) is 0 Å². The molecule has 2 aromatic carbocycles. The third kappa shape index (κ3) is 3.10. The van der Waals surface area contributed by atoms with Crippen LogP contribution in [0.2, 0.25) is 0 Å². The number of para-hydroxylation sites is 1. The van der Waals surface area contributed by atoms with Gasteiger partial charge < -0.3 is 5.32 Å². The zero-order chi connectivity index (χ0) is 17.1. The first-order chi connectivity index (χ1) is 12.3. The molecule has 4 nitrogen and oxygen atoms in total. The number of hydrogen-bond acceptors (Lipinski definition) is 2. The number of aromatic nitrogens is 2. The zero-order valence-corrected chi connectivity index (χ0v) is 13.4. The predicted octanol–water partition coefficient (Wildman–Crippen LogP) is 3.97. The molecule has 0 spiro atoms. The van der Waals surface area contributed by atoms with Gasteiger partial charge in [0.25, 0.3) is 5.91 Å². The molecule has 2 N–H and O–H groups in total. The molecule has 0 atom stereocenters. The van der Waals surface area contributed by atoms with Gasteiger partial charge in [-0.3, -0.25) is 4.79 Å². The quantitative estimate of drug-likeness (QED) is 0.619. The standard InChI is InChI=1S/C21H15N3O/c25-21(23-16-9-6-12-22-14-16)18-13-20(15-7-2-1-3-8-15)24-19-11-5-4-10-17(18)19/h1-14H,(H,23,25)/p+1. The van der Waals surface area contributed by atoms with E-state index < -0.39 is 0 Å². The van der Waals surface area contributed by atoms with Crippen LogP contribution in [0.5, 0.6) is 0 Å². The summed E-state index contributed by atoms with van der Waals surface area (Å²) in [4.78, 5) is 20.5. The van der Waals surface area contributed by atoms with Crippen LogP contribution in [0.3, 0.4) is 0 Å². The van der Waals surface area contributed by atoms with Gasteiger partial charge in [-0.25, -0.2) is 9.97 Å². The van der Waals surface area contributed by atoms with Crippen molar-refractivity contribution in [2.75, 3.05) is 5.32 Å². The molecule has 120 valence electrons. The minimum absolute atomic E-state index is 0.157. The van der Waals surface area contributed by atoms with E-state index in [1.807, 2.05) is 72.8 Å². The number of fused-ring (bicyclic) bond motifs is 1. The van der Waals surface area contributed by atoms with Crippen LogP contribution in [0.1, 0.15) is 10.4 Å². The summed E-state index contributed by atoms with van der Waals surface area (Å²) in [5, 5.41) is 3.76. The van der Waals surface area contributed by atoms with Crippen molar-refractivity contribution in [1.82, 2.24) is 4.98 Å². The van der Waals surface area contributed by atoms with E-state index in [9.17, 15) is 4.79 Å². The van der Waals surface area contributed by atoms with E-state index in [2.05, 4.69) is 10.3 Å². The maximum atomic E-state index is 12.9. The molecular weight excluding hydrogens is 310 g/mol. The third-order valence-corrected chi connectivity index (χ3v) is 4.00. The Hall–Kier alpha value is -3.53. The Morgan fingerprint density at radius 3 is 2.52 bits per heavy atom. The second-order valence-electron chi connectivity index (χ2n) is 5.68. The number of amides is 1. The molecular formula is C21H16N3O+. The van der Waals surface area contributed by atoms with Crippen LogP contribution in [0.4, 0.5) is 5.69 Å². The lowest BCUT2D eigenvalue weighted by atomic mass is 10.0. The highest BCUT2D eigenvalue weighted by Crippen LogP contribution is 2.25. The van der Waals surface area contributed by atoms with Gasteiger partial charge >= 0.3 is 0 Å². The molecule has 0 saturated heterocycles. The first kappa shape index (κ1) is 15.0. The zero-order valence-electron chi connectivity index (χ0n) is 13.4. The number of benzene rings is 2. The van der Waals surface area contributed by atoms with Crippen molar-refractivity contribution in [3.05, 3.63) is 90.8 Å². The largest absolute Gasteiger partial charge is 0.317 e. The summed E-state index contributed by atoms with van der Waals surface area (Å²) in [6.07, 6.45) is 3.55. The predicted molar refractivity (Wildman–Crippen MR) is 98.1 cm³/mol. The van der Waals surface area contributed by atoms with Crippen molar-refractivity contribution in [3.63, 3.8) is 0 Å². The van der Waals surface area contributed by atoms with Crippen molar-refractivity contribution < 1.29 is 9.78 Å². The average Bonchev–Trinajstić information content (AvgIpc) is 2.68. The van der Waals surface area contributed by atoms with E-state index in [4.69, 9.17) is 4.98 Å². The first-order valence-corrected chi connectivity index (χ1v) is 8.04. The number of anilines is 1. The Labute approximate surface area is 145 Å². The number of H-pyrrole nitrogens is 1. The summed E-state index contributed by atoms with van der Waals surface area (Å²) in [6.45, 7) is 0. The highest BCUT2D eigenvalue weighted by molar-refractivity contribution is 6.13. The fourth-order valence-corrected chi connectivity index (χ4v) is 2.79. The van der Waals surface area contributed by atoms with Crippen LogP contribution in [0.15, 0.2) is 85.2 Å². The van der Waals surface area contributed by atoms with Gasteiger partial charge in [0, 0.05) is 17.0 Å². The van der Waals surface area contributed by atoms with Crippen LogP contribution in [0.25, 0.3) is 22.2 Å². The number of hydrogen-bond donors (Lipinski definition) is 1. The van der Waals surface area contributed by atoms with E-state index in [0.717, 1.165) is 27.8 Å². The number of pyridine rings is 2. The summed E-state index contributed by atoms with van der Waals surface area (Å²) >= 11 is 0. The van der Waals surface area contributed by atoms with Gasteiger partial charge in [-0.2, -0.15) is 0 Å². The Morgan fingerprint density at radius 2 is 1.72 bits per heavy atom. The second kappa shape index (κ2) is 6.53. The lowest BCUT2D eigenvalue weighted by Crippen LogP contribution is -2.14. The molecule has 0 aliphatic rings. The van der Waals surface area contributed by atoms with Gasteiger partial charge in [-0.15, -0.1) is 0 Å². The van der Waals surface area contributed by atoms with Gasteiger partial charge in [0.1, 0.15) is 5.69 Å². The summed E-state index contributed by atoms with van der Waals surface area (Å²) < 4.78 is 0. The number of nitrogens with zero attached hydrogens (tertiary/aromatic N) is 1. The molecule has 0 radical (unpaired) electrons. The van der Waals surface area contributed by atoms with E-state index in [1.165, 1.54) is 0 Å². The molecule has 0 aliphatic carbocycles. The highest BCUT2D eigenvalue weighted by atomic mass is 16.1. The van der Waals surface area contributed by atoms with Crippen molar-refractivity contribution in [3.8, 4) is 11.3 Å². The van der Waals surface area contributed by atoms with E-state index >= 15 is 0 Å². The maximum Gasteiger partial charge on any atom is 0.256 e. The normalized spacial score (nSPS) is 10.6. The molecule has 2 aromatic heterocycles. The smallest absolute Gasteiger partial charge is 0.256 e. The summed E-state index contributed by atoms with van der Waals surface area (Å²) in [5.41, 5.74) is 3.89.